The van der Waals surface area contributed by atoms with Gasteiger partial charge in [0.25, 0.3) is 5.91 Å². The fourth-order valence-electron chi connectivity index (χ4n) is 3.54. The third-order valence-electron chi connectivity index (χ3n) is 5.10. The van der Waals surface area contributed by atoms with E-state index >= 15 is 0 Å². The molecular formula is C21H23N5O3S. The monoisotopic (exact) mass is 425 g/mol. The van der Waals surface area contributed by atoms with Crippen molar-refractivity contribution in [1.82, 2.24) is 20.3 Å². The highest BCUT2D eigenvalue weighted by molar-refractivity contribution is 7.14. The fourth-order valence-corrected chi connectivity index (χ4v) is 4.22. The van der Waals surface area contributed by atoms with E-state index in [0.29, 0.717) is 25.1 Å². The molecule has 0 unspecified atom stereocenters. The van der Waals surface area contributed by atoms with Crippen molar-refractivity contribution in [2.75, 3.05) is 11.9 Å². The molecule has 30 heavy (non-hydrogen) atoms. The van der Waals surface area contributed by atoms with E-state index in [9.17, 15) is 9.59 Å². The minimum absolute atomic E-state index is 0.181. The van der Waals surface area contributed by atoms with Gasteiger partial charge in [0.15, 0.2) is 0 Å². The topological polar surface area (TPSA) is 101 Å². The third-order valence-corrected chi connectivity index (χ3v) is 5.99. The summed E-state index contributed by atoms with van der Waals surface area (Å²) in [4.78, 5) is 27.6. The zero-order chi connectivity index (χ0) is 21.1. The summed E-state index contributed by atoms with van der Waals surface area (Å²) in [5, 5.41) is 16.7. The van der Waals surface area contributed by atoms with Gasteiger partial charge in [0.2, 0.25) is 11.7 Å². The van der Waals surface area contributed by atoms with Gasteiger partial charge in [-0.3, -0.25) is 9.59 Å². The van der Waals surface area contributed by atoms with Crippen LogP contribution < -0.4 is 5.32 Å². The minimum Gasteiger partial charge on any atom is -0.351 e. The number of benzene rings is 1. The molecule has 2 amide bonds. The molecule has 3 aromatic rings. The highest BCUT2D eigenvalue weighted by Gasteiger charge is 2.34. The second-order valence-corrected chi connectivity index (χ2v) is 8.42. The largest absolute Gasteiger partial charge is 0.351 e. The van der Waals surface area contributed by atoms with Crippen LogP contribution in [-0.4, -0.2) is 44.7 Å². The highest BCUT2D eigenvalue weighted by atomic mass is 32.1. The van der Waals surface area contributed by atoms with E-state index in [1.165, 1.54) is 11.3 Å². The van der Waals surface area contributed by atoms with Crippen molar-refractivity contribution in [2.45, 2.75) is 45.6 Å². The molecule has 1 aliphatic rings. The average Bonchev–Trinajstić information content (AvgIpc) is 3.42. The maximum Gasteiger partial charge on any atom is 0.293 e. The van der Waals surface area contributed by atoms with E-state index in [0.717, 1.165) is 34.1 Å². The summed E-state index contributed by atoms with van der Waals surface area (Å²) in [7, 11) is 0. The summed E-state index contributed by atoms with van der Waals surface area (Å²) in [6.45, 7) is 4.36. The Labute approximate surface area is 178 Å². The van der Waals surface area contributed by atoms with Gasteiger partial charge in [-0.15, -0.1) is 10.2 Å². The molecule has 1 fully saturated rings. The molecule has 1 aliphatic heterocycles. The minimum atomic E-state index is -0.547. The lowest BCUT2D eigenvalue weighted by Crippen LogP contribution is -2.49. The lowest BCUT2D eigenvalue weighted by molar-refractivity contribution is -0.121. The molecule has 1 aromatic carbocycles. The van der Waals surface area contributed by atoms with Crippen LogP contribution in [0.4, 0.5) is 5.69 Å². The van der Waals surface area contributed by atoms with Crippen molar-refractivity contribution in [2.24, 2.45) is 0 Å². The number of nitrogens with zero attached hydrogens (tertiary/aromatic N) is 4. The lowest BCUT2D eigenvalue weighted by atomic mass is 10.0. The van der Waals surface area contributed by atoms with Crippen molar-refractivity contribution in [3.05, 3.63) is 46.8 Å². The molecule has 0 saturated carbocycles. The predicted octanol–water partition coefficient (Wildman–Crippen LogP) is 3.70. The van der Waals surface area contributed by atoms with Gasteiger partial charge in [-0.1, -0.05) is 35.5 Å². The molecule has 8 nitrogen and oxygen atoms in total. The molecule has 1 N–H and O–H groups in total. The molecule has 0 aliphatic carbocycles. The van der Waals surface area contributed by atoms with Crippen LogP contribution in [0.1, 0.15) is 47.4 Å². The predicted molar refractivity (Wildman–Crippen MR) is 113 cm³/mol. The first kappa shape index (κ1) is 20.2. The van der Waals surface area contributed by atoms with E-state index in [1.807, 2.05) is 38.1 Å². The molecule has 4 rings (SSSR count). The second-order valence-electron chi connectivity index (χ2n) is 7.24. The molecule has 2 aromatic heterocycles. The number of hydrogen-bond donors (Lipinski definition) is 1. The molecule has 3 heterocycles. The molecule has 0 spiro atoms. The Kier molecular flexibility index (Phi) is 5.89. The molecule has 0 radical (unpaired) electrons. The Bertz CT molecular complexity index is 1060. The fraction of sp³-hybridized carbons (Fsp3) is 0.381. The van der Waals surface area contributed by atoms with Crippen molar-refractivity contribution >= 4 is 28.8 Å². The van der Waals surface area contributed by atoms with Crippen LogP contribution in [0.3, 0.4) is 0 Å². The number of carbonyl (C=O) groups is 2. The summed E-state index contributed by atoms with van der Waals surface area (Å²) in [5.74, 6) is -0.316. The number of aromatic nitrogens is 3. The Morgan fingerprint density at radius 2 is 2.13 bits per heavy atom. The first-order valence-electron chi connectivity index (χ1n) is 10.0. The number of hydrogen-bond acceptors (Lipinski definition) is 7. The number of anilines is 1. The Morgan fingerprint density at radius 3 is 2.87 bits per heavy atom. The second kappa shape index (κ2) is 8.74. The van der Waals surface area contributed by atoms with Crippen molar-refractivity contribution < 1.29 is 14.1 Å². The standard InChI is InChI=1S/C21H23N5O3S/c1-3-15-12-18(29-25-15)21(28)26-10-5-4-9-17(26)19(27)22-16-8-6-7-14(11-16)20-24-23-13(2)30-20/h6-8,11-12,17H,3-5,9-10H2,1-2H3,(H,22,27)/t17-/m0/s1. The van der Waals surface area contributed by atoms with Gasteiger partial charge in [0, 0.05) is 23.9 Å². The Hall–Kier alpha value is -3.07. The van der Waals surface area contributed by atoms with Crippen LogP contribution in [0.2, 0.25) is 0 Å². The van der Waals surface area contributed by atoms with Crippen LogP contribution in [0, 0.1) is 6.92 Å². The summed E-state index contributed by atoms with van der Waals surface area (Å²) >= 11 is 1.50. The van der Waals surface area contributed by atoms with Crippen molar-refractivity contribution in [1.29, 1.82) is 0 Å². The van der Waals surface area contributed by atoms with Gasteiger partial charge in [0.1, 0.15) is 16.1 Å². The van der Waals surface area contributed by atoms with Gasteiger partial charge in [-0.25, -0.2) is 0 Å². The van der Waals surface area contributed by atoms with Gasteiger partial charge in [0.05, 0.1) is 5.69 Å². The molecule has 0 bridgehead atoms. The average molecular weight is 426 g/mol. The number of aryl methyl sites for hydroxylation is 2. The van der Waals surface area contributed by atoms with Crippen molar-refractivity contribution in [3.8, 4) is 10.6 Å². The number of piperidine rings is 1. The summed E-state index contributed by atoms with van der Waals surface area (Å²) in [6, 6.07) is 8.60. The molecular weight excluding hydrogens is 402 g/mol. The van der Waals surface area contributed by atoms with E-state index in [4.69, 9.17) is 4.52 Å². The van der Waals surface area contributed by atoms with Gasteiger partial charge < -0.3 is 14.7 Å². The third kappa shape index (κ3) is 4.25. The van der Waals surface area contributed by atoms with Gasteiger partial charge in [-0.05, 0) is 44.7 Å². The van der Waals surface area contributed by atoms with Gasteiger partial charge >= 0.3 is 0 Å². The highest BCUT2D eigenvalue weighted by Crippen LogP contribution is 2.26. The maximum atomic E-state index is 13.1. The van der Waals surface area contributed by atoms with E-state index in [2.05, 4.69) is 20.7 Å². The zero-order valence-electron chi connectivity index (χ0n) is 16.9. The number of amides is 2. The Balaban J connectivity index is 1.50. The smallest absolute Gasteiger partial charge is 0.293 e. The zero-order valence-corrected chi connectivity index (χ0v) is 17.7. The van der Waals surface area contributed by atoms with Gasteiger partial charge in [-0.2, -0.15) is 0 Å². The van der Waals surface area contributed by atoms with Crippen molar-refractivity contribution in [3.63, 3.8) is 0 Å². The molecule has 1 saturated heterocycles. The van der Waals surface area contributed by atoms with Crippen LogP contribution in [0.25, 0.3) is 10.6 Å². The van der Waals surface area contributed by atoms with E-state index in [1.54, 1.807) is 11.0 Å². The molecule has 156 valence electrons. The van der Waals surface area contributed by atoms with Crippen LogP contribution in [-0.2, 0) is 11.2 Å². The first-order valence-corrected chi connectivity index (χ1v) is 10.8. The summed E-state index contributed by atoms with van der Waals surface area (Å²) in [6.07, 6.45) is 3.05. The summed E-state index contributed by atoms with van der Waals surface area (Å²) in [5.41, 5.74) is 2.28. The number of carbonyl (C=O) groups excluding carboxylic acids is 2. The molecule has 9 heteroatoms. The van der Waals surface area contributed by atoms with Crippen LogP contribution in [0.5, 0.6) is 0 Å². The normalized spacial score (nSPS) is 16.5. The first-order chi connectivity index (χ1) is 14.5. The molecule has 1 atom stereocenters. The quantitative estimate of drug-likeness (QED) is 0.669. The number of likely N-dealkylation sites (tertiary alicyclic amines) is 1. The van der Waals surface area contributed by atoms with Crippen LogP contribution >= 0.6 is 11.3 Å². The van der Waals surface area contributed by atoms with Crippen LogP contribution in [0.15, 0.2) is 34.9 Å². The lowest BCUT2D eigenvalue weighted by Gasteiger charge is -2.34. The summed E-state index contributed by atoms with van der Waals surface area (Å²) < 4.78 is 5.20. The van der Waals surface area contributed by atoms with E-state index < -0.39 is 6.04 Å². The van der Waals surface area contributed by atoms with E-state index in [-0.39, 0.29) is 17.6 Å². The maximum absolute atomic E-state index is 13.1. The number of nitrogens with one attached hydrogen (secondary N) is 1. The number of rotatable bonds is 5. The SMILES string of the molecule is CCc1cc(C(=O)N2CCCC[C@H]2C(=O)Nc2cccc(-c3nnc(C)s3)c2)on1. The Morgan fingerprint density at radius 1 is 1.27 bits per heavy atom.